The second kappa shape index (κ2) is 4.63. The predicted octanol–water partition coefficient (Wildman–Crippen LogP) is 1.41. The van der Waals surface area contributed by atoms with E-state index in [0.29, 0.717) is 5.82 Å². The Balaban J connectivity index is 2.23. The Hall–Kier alpha value is -1.75. The molecule has 0 aliphatic rings. The number of hydrogen-bond donors (Lipinski definition) is 2. The van der Waals surface area contributed by atoms with Crippen LogP contribution in [0.3, 0.4) is 0 Å². The molecule has 0 fully saturated rings. The molecule has 17 heavy (non-hydrogen) atoms. The number of rotatable bonds is 4. The maximum Gasteiger partial charge on any atom is 0.204 e. The molecule has 0 atom stereocenters. The highest BCUT2D eigenvalue weighted by Gasteiger charge is 2.15. The average molecular weight is 231 g/mol. The first kappa shape index (κ1) is 11.7. The van der Waals surface area contributed by atoms with Gasteiger partial charge in [-0.1, -0.05) is 18.2 Å². The standard InChI is InChI=1S/C12H17N5/c1-12(2,13-3)8-9-5-4-6-10(7-9)11-14-16-17-15-11/h4-7,13H,8H2,1-3H3,(H,14,15,16,17). The molecule has 0 aliphatic carbocycles. The highest BCUT2D eigenvalue weighted by atomic mass is 15.5. The summed E-state index contributed by atoms with van der Waals surface area (Å²) in [6.07, 6.45) is 0.954. The van der Waals surface area contributed by atoms with Gasteiger partial charge >= 0.3 is 0 Å². The molecule has 1 heterocycles. The fourth-order valence-electron chi connectivity index (χ4n) is 1.70. The van der Waals surface area contributed by atoms with Crippen LogP contribution in [0, 0.1) is 0 Å². The lowest BCUT2D eigenvalue weighted by Gasteiger charge is -2.24. The maximum atomic E-state index is 3.98. The van der Waals surface area contributed by atoms with Crippen LogP contribution in [0.4, 0.5) is 0 Å². The van der Waals surface area contributed by atoms with E-state index in [9.17, 15) is 0 Å². The van der Waals surface area contributed by atoms with Crippen LogP contribution in [-0.4, -0.2) is 33.2 Å². The van der Waals surface area contributed by atoms with Crippen molar-refractivity contribution in [2.75, 3.05) is 7.05 Å². The van der Waals surface area contributed by atoms with Gasteiger partial charge in [-0.05, 0) is 44.2 Å². The first-order chi connectivity index (χ1) is 8.11. The van der Waals surface area contributed by atoms with E-state index in [0.717, 1.165) is 12.0 Å². The third-order valence-electron chi connectivity index (χ3n) is 2.85. The summed E-state index contributed by atoms with van der Waals surface area (Å²) in [4.78, 5) is 0. The molecule has 0 radical (unpaired) electrons. The molecule has 5 heteroatoms. The normalized spacial score (nSPS) is 11.7. The maximum absolute atomic E-state index is 3.98. The minimum Gasteiger partial charge on any atom is -0.314 e. The molecule has 0 spiro atoms. The fourth-order valence-corrected chi connectivity index (χ4v) is 1.70. The number of H-pyrrole nitrogens is 1. The Bertz CT molecular complexity index is 475. The van der Waals surface area contributed by atoms with Crippen molar-refractivity contribution >= 4 is 0 Å². The molecular weight excluding hydrogens is 214 g/mol. The molecule has 2 rings (SSSR count). The van der Waals surface area contributed by atoms with Gasteiger partial charge in [-0.2, -0.15) is 5.21 Å². The monoisotopic (exact) mass is 231 g/mol. The number of aromatic amines is 1. The SMILES string of the molecule is CNC(C)(C)Cc1cccc(-c2nn[nH]n2)c1. The molecule has 2 aromatic rings. The molecular formula is C12H17N5. The van der Waals surface area contributed by atoms with Gasteiger partial charge in [-0.15, -0.1) is 10.2 Å². The quantitative estimate of drug-likeness (QED) is 0.835. The number of hydrogen-bond acceptors (Lipinski definition) is 4. The van der Waals surface area contributed by atoms with Crippen LogP contribution in [0.1, 0.15) is 19.4 Å². The van der Waals surface area contributed by atoms with Gasteiger partial charge in [0, 0.05) is 11.1 Å². The third-order valence-corrected chi connectivity index (χ3v) is 2.85. The van der Waals surface area contributed by atoms with E-state index in [1.54, 1.807) is 0 Å². The first-order valence-electron chi connectivity index (χ1n) is 5.62. The van der Waals surface area contributed by atoms with Gasteiger partial charge in [0.15, 0.2) is 0 Å². The third kappa shape index (κ3) is 2.88. The van der Waals surface area contributed by atoms with E-state index in [1.807, 2.05) is 19.2 Å². The Labute approximate surface area is 101 Å². The number of likely N-dealkylation sites (N-methyl/N-ethyl adjacent to an activating group) is 1. The molecule has 0 saturated heterocycles. The van der Waals surface area contributed by atoms with E-state index in [-0.39, 0.29) is 5.54 Å². The van der Waals surface area contributed by atoms with Crippen LogP contribution in [0.5, 0.6) is 0 Å². The summed E-state index contributed by atoms with van der Waals surface area (Å²) < 4.78 is 0. The van der Waals surface area contributed by atoms with Gasteiger partial charge in [0.25, 0.3) is 0 Å². The summed E-state index contributed by atoms with van der Waals surface area (Å²) in [6, 6.07) is 8.22. The van der Waals surface area contributed by atoms with Gasteiger partial charge in [-0.25, -0.2) is 0 Å². The van der Waals surface area contributed by atoms with Crippen molar-refractivity contribution in [2.24, 2.45) is 0 Å². The van der Waals surface area contributed by atoms with Gasteiger partial charge in [-0.3, -0.25) is 0 Å². The Morgan fingerprint density at radius 2 is 2.18 bits per heavy atom. The lowest BCUT2D eigenvalue weighted by molar-refractivity contribution is 0.422. The van der Waals surface area contributed by atoms with E-state index in [2.05, 4.69) is 51.9 Å². The van der Waals surface area contributed by atoms with Gasteiger partial charge in [0.2, 0.25) is 5.82 Å². The van der Waals surface area contributed by atoms with Crippen molar-refractivity contribution in [3.05, 3.63) is 29.8 Å². The molecule has 1 aromatic carbocycles. The van der Waals surface area contributed by atoms with Crippen LogP contribution < -0.4 is 5.32 Å². The summed E-state index contributed by atoms with van der Waals surface area (Å²) in [5.74, 6) is 0.633. The van der Waals surface area contributed by atoms with Crippen LogP contribution in [0.15, 0.2) is 24.3 Å². The highest BCUT2D eigenvalue weighted by Crippen LogP contribution is 2.18. The van der Waals surface area contributed by atoms with E-state index >= 15 is 0 Å². The molecule has 0 bridgehead atoms. The van der Waals surface area contributed by atoms with Crippen molar-refractivity contribution in [3.63, 3.8) is 0 Å². The number of tetrazole rings is 1. The number of aromatic nitrogens is 4. The van der Waals surface area contributed by atoms with Crippen LogP contribution in [-0.2, 0) is 6.42 Å². The number of nitrogens with zero attached hydrogens (tertiary/aromatic N) is 3. The van der Waals surface area contributed by atoms with Crippen molar-refractivity contribution in [1.29, 1.82) is 0 Å². The summed E-state index contributed by atoms with van der Waals surface area (Å²) >= 11 is 0. The lowest BCUT2D eigenvalue weighted by Crippen LogP contribution is -2.38. The second-order valence-corrected chi connectivity index (χ2v) is 4.75. The molecule has 1 aromatic heterocycles. The zero-order chi connectivity index (χ0) is 12.3. The van der Waals surface area contributed by atoms with Crippen molar-refractivity contribution < 1.29 is 0 Å². The first-order valence-corrected chi connectivity index (χ1v) is 5.62. The summed E-state index contributed by atoms with van der Waals surface area (Å²) in [6.45, 7) is 4.35. The summed E-state index contributed by atoms with van der Waals surface area (Å²) in [5.41, 5.74) is 2.32. The summed E-state index contributed by atoms with van der Waals surface area (Å²) in [5, 5.41) is 17.3. The molecule has 2 N–H and O–H groups in total. The van der Waals surface area contributed by atoms with Crippen LogP contribution >= 0.6 is 0 Å². The average Bonchev–Trinajstić information content (AvgIpc) is 2.82. The Kier molecular flexibility index (Phi) is 3.19. The molecule has 0 amide bonds. The zero-order valence-corrected chi connectivity index (χ0v) is 10.4. The number of benzene rings is 1. The molecule has 5 nitrogen and oxygen atoms in total. The molecule has 0 unspecified atom stereocenters. The molecule has 0 saturated carbocycles. The highest BCUT2D eigenvalue weighted by molar-refractivity contribution is 5.55. The minimum atomic E-state index is 0.0792. The molecule has 0 aliphatic heterocycles. The smallest absolute Gasteiger partial charge is 0.204 e. The van der Waals surface area contributed by atoms with Gasteiger partial charge < -0.3 is 5.32 Å². The second-order valence-electron chi connectivity index (χ2n) is 4.75. The van der Waals surface area contributed by atoms with Crippen LogP contribution in [0.2, 0.25) is 0 Å². The Morgan fingerprint density at radius 3 is 2.82 bits per heavy atom. The van der Waals surface area contributed by atoms with Crippen molar-refractivity contribution in [1.82, 2.24) is 25.9 Å². The largest absolute Gasteiger partial charge is 0.314 e. The Morgan fingerprint density at radius 1 is 1.35 bits per heavy atom. The summed E-state index contributed by atoms with van der Waals surface area (Å²) in [7, 11) is 1.98. The van der Waals surface area contributed by atoms with Crippen molar-refractivity contribution in [2.45, 2.75) is 25.8 Å². The number of nitrogens with one attached hydrogen (secondary N) is 2. The zero-order valence-electron chi connectivity index (χ0n) is 10.4. The topological polar surface area (TPSA) is 66.5 Å². The van der Waals surface area contributed by atoms with E-state index in [1.165, 1.54) is 5.56 Å². The van der Waals surface area contributed by atoms with Crippen LogP contribution in [0.25, 0.3) is 11.4 Å². The lowest BCUT2D eigenvalue weighted by atomic mass is 9.94. The minimum absolute atomic E-state index is 0.0792. The van der Waals surface area contributed by atoms with E-state index < -0.39 is 0 Å². The van der Waals surface area contributed by atoms with Crippen molar-refractivity contribution in [3.8, 4) is 11.4 Å². The fraction of sp³-hybridized carbons (Fsp3) is 0.417. The molecule has 90 valence electrons. The van der Waals surface area contributed by atoms with E-state index in [4.69, 9.17) is 0 Å². The van der Waals surface area contributed by atoms with Gasteiger partial charge in [0.1, 0.15) is 0 Å². The predicted molar refractivity (Wildman–Crippen MR) is 66.5 cm³/mol. The van der Waals surface area contributed by atoms with Gasteiger partial charge in [0.05, 0.1) is 0 Å².